The molecular formula is C24H23N5O3S3. The van der Waals surface area contributed by atoms with E-state index in [1.165, 1.54) is 10.2 Å². The summed E-state index contributed by atoms with van der Waals surface area (Å²) >= 11 is 5.53. The van der Waals surface area contributed by atoms with Crippen LogP contribution in [0.4, 0.5) is 5.82 Å². The summed E-state index contributed by atoms with van der Waals surface area (Å²) in [4.78, 5) is 15.2. The Morgan fingerprint density at radius 2 is 1.94 bits per heavy atom. The Balaban J connectivity index is 1.68. The quantitative estimate of drug-likeness (QED) is 0.199. The first kappa shape index (κ1) is 24.7. The van der Waals surface area contributed by atoms with Gasteiger partial charge in [0.1, 0.15) is 4.21 Å². The van der Waals surface area contributed by atoms with Crippen molar-refractivity contribution in [3.63, 3.8) is 0 Å². The minimum absolute atomic E-state index is 0.183. The molecule has 0 saturated heterocycles. The van der Waals surface area contributed by atoms with Crippen molar-refractivity contribution < 1.29 is 13.2 Å². The van der Waals surface area contributed by atoms with E-state index in [9.17, 15) is 13.2 Å². The van der Waals surface area contributed by atoms with E-state index in [0.29, 0.717) is 42.7 Å². The molecule has 0 spiro atoms. The topological polar surface area (TPSA) is 106 Å². The van der Waals surface area contributed by atoms with Crippen LogP contribution in [0.1, 0.15) is 23.2 Å². The number of rotatable bonds is 11. The number of sulfonamides is 1. The Morgan fingerprint density at radius 3 is 2.69 bits per heavy atom. The number of thiophene rings is 1. The molecule has 4 aromatic rings. The summed E-state index contributed by atoms with van der Waals surface area (Å²) in [7, 11) is -3.84. The number of benzene rings is 1. The maximum atomic E-state index is 13.0. The summed E-state index contributed by atoms with van der Waals surface area (Å²) in [5, 5.41) is 8.83. The molecule has 11 heteroatoms. The minimum atomic E-state index is -3.84. The van der Waals surface area contributed by atoms with E-state index in [2.05, 4.69) is 32.9 Å². The van der Waals surface area contributed by atoms with Crippen LogP contribution in [-0.4, -0.2) is 29.0 Å². The van der Waals surface area contributed by atoms with E-state index in [1.54, 1.807) is 29.8 Å². The monoisotopic (exact) mass is 525 g/mol. The number of allylic oxidation sites excluding steroid dienone is 1. The molecule has 2 N–H and O–H groups in total. The van der Waals surface area contributed by atoms with Gasteiger partial charge in [0.15, 0.2) is 5.82 Å². The van der Waals surface area contributed by atoms with Crippen LogP contribution in [-0.2, 0) is 27.8 Å². The molecule has 0 bridgehead atoms. The van der Waals surface area contributed by atoms with E-state index in [1.807, 2.05) is 42.5 Å². The summed E-state index contributed by atoms with van der Waals surface area (Å²) in [5.74, 6) is 0.205. The highest BCUT2D eigenvalue weighted by atomic mass is 32.2. The van der Waals surface area contributed by atoms with Crippen LogP contribution in [0.5, 0.6) is 0 Å². The molecule has 0 fully saturated rings. The zero-order valence-electron chi connectivity index (χ0n) is 18.5. The zero-order chi connectivity index (χ0) is 24.7. The molecule has 0 aliphatic carbocycles. The lowest BCUT2D eigenvalue weighted by molar-refractivity contribution is -0.109. The van der Waals surface area contributed by atoms with Gasteiger partial charge in [0.2, 0.25) is 6.41 Å². The summed E-state index contributed by atoms with van der Waals surface area (Å²) in [6.45, 7) is 0.319. The average Bonchev–Trinajstić information content (AvgIpc) is 3.51. The number of aryl methyl sites for hydroxylation is 1. The van der Waals surface area contributed by atoms with E-state index >= 15 is 0 Å². The molecule has 3 heterocycles. The van der Waals surface area contributed by atoms with E-state index in [0.717, 1.165) is 22.5 Å². The second-order valence-electron chi connectivity index (χ2n) is 7.50. The van der Waals surface area contributed by atoms with Gasteiger partial charge in [-0.05, 0) is 60.4 Å². The van der Waals surface area contributed by atoms with Gasteiger partial charge in [0.25, 0.3) is 10.0 Å². The van der Waals surface area contributed by atoms with Crippen LogP contribution < -0.4 is 10.0 Å². The van der Waals surface area contributed by atoms with Gasteiger partial charge in [0.05, 0.1) is 17.0 Å². The fourth-order valence-corrected chi connectivity index (χ4v) is 5.84. The van der Waals surface area contributed by atoms with Crippen LogP contribution >= 0.6 is 24.2 Å². The lowest BCUT2D eigenvalue weighted by Crippen LogP contribution is -2.14. The Morgan fingerprint density at radius 1 is 1.11 bits per heavy atom. The van der Waals surface area contributed by atoms with Crippen LogP contribution in [0.15, 0.2) is 76.5 Å². The molecular weight excluding hydrogens is 502 g/mol. The molecule has 0 unspecified atom stereocenters. The Kier molecular flexibility index (Phi) is 8.01. The highest BCUT2D eigenvalue weighted by molar-refractivity contribution is 7.94. The highest BCUT2D eigenvalue weighted by Crippen LogP contribution is 2.34. The SMILES string of the molecule is O=CNCc1ccnc(-c2c(CCC=Cc3ccccc3)nn(S)c2NS(=O)(=O)c2cccs2)c1. The van der Waals surface area contributed by atoms with Crippen molar-refractivity contribution in [1.29, 1.82) is 0 Å². The molecule has 0 aliphatic rings. The molecule has 3 aromatic heterocycles. The van der Waals surface area contributed by atoms with Crippen molar-refractivity contribution in [3.05, 3.63) is 89.1 Å². The first-order valence-electron chi connectivity index (χ1n) is 10.7. The number of carbonyl (C=O) groups excluding carboxylic acids is 1. The number of aromatic nitrogens is 3. The number of carbonyl (C=O) groups is 1. The molecule has 1 aromatic carbocycles. The standard InChI is InChI=1S/C24H23N5O3S3/c30-17-25-16-19-12-13-26-21(15-19)23-20(10-5-4-9-18-7-2-1-3-8-18)27-29(33)24(23)28-35(31,32)22-11-6-14-34-22/h1-4,6-9,11-15,17,28,33H,5,10,16H2,(H,25,30). The summed E-state index contributed by atoms with van der Waals surface area (Å²) in [5.41, 5.74) is 3.63. The predicted octanol–water partition coefficient (Wildman–Crippen LogP) is 4.39. The van der Waals surface area contributed by atoms with Gasteiger partial charge < -0.3 is 5.32 Å². The number of amides is 1. The van der Waals surface area contributed by atoms with E-state index < -0.39 is 10.0 Å². The third-order valence-electron chi connectivity index (χ3n) is 5.06. The number of pyridine rings is 1. The Hall–Kier alpha value is -3.41. The van der Waals surface area contributed by atoms with Crippen molar-refractivity contribution in [2.24, 2.45) is 0 Å². The molecule has 35 heavy (non-hydrogen) atoms. The number of hydrogen-bond donors (Lipinski definition) is 3. The fourth-order valence-electron chi connectivity index (χ4n) is 3.47. The van der Waals surface area contributed by atoms with Gasteiger partial charge in [-0.25, -0.2) is 8.42 Å². The van der Waals surface area contributed by atoms with Crippen LogP contribution in [0.3, 0.4) is 0 Å². The maximum Gasteiger partial charge on any atom is 0.272 e. The van der Waals surface area contributed by atoms with Crippen LogP contribution in [0, 0.1) is 0 Å². The lowest BCUT2D eigenvalue weighted by atomic mass is 10.1. The highest BCUT2D eigenvalue weighted by Gasteiger charge is 2.25. The first-order valence-corrected chi connectivity index (χ1v) is 13.5. The summed E-state index contributed by atoms with van der Waals surface area (Å²) < 4.78 is 30.0. The van der Waals surface area contributed by atoms with Gasteiger partial charge in [-0.2, -0.15) is 9.19 Å². The van der Waals surface area contributed by atoms with Gasteiger partial charge in [-0.1, -0.05) is 48.6 Å². The molecule has 0 saturated carbocycles. The molecule has 8 nitrogen and oxygen atoms in total. The minimum Gasteiger partial charge on any atom is -0.355 e. The van der Waals surface area contributed by atoms with Gasteiger partial charge >= 0.3 is 0 Å². The van der Waals surface area contributed by atoms with Crippen LogP contribution in [0.2, 0.25) is 0 Å². The van der Waals surface area contributed by atoms with Crippen molar-refractivity contribution in [2.45, 2.75) is 23.6 Å². The maximum absolute atomic E-state index is 13.0. The summed E-state index contributed by atoms with van der Waals surface area (Å²) in [6.07, 6.45) is 7.53. The van der Waals surface area contributed by atoms with Gasteiger partial charge in [-0.15, -0.1) is 11.3 Å². The van der Waals surface area contributed by atoms with Gasteiger partial charge in [-0.3, -0.25) is 14.5 Å². The first-order chi connectivity index (χ1) is 17.0. The zero-order valence-corrected chi connectivity index (χ0v) is 21.1. The summed E-state index contributed by atoms with van der Waals surface area (Å²) in [6, 6.07) is 16.7. The average molecular weight is 526 g/mol. The number of nitrogens with zero attached hydrogens (tertiary/aromatic N) is 3. The third kappa shape index (κ3) is 6.18. The normalized spacial score (nSPS) is 11.6. The lowest BCUT2D eigenvalue weighted by Gasteiger charge is -2.10. The third-order valence-corrected chi connectivity index (χ3v) is 8.09. The number of thiol groups is 1. The van der Waals surface area contributed by atoms with Crippen molar-refractivity contribution >= 4 is 52.5 Å². The van der Waals surface area contributed by atoms with Crippen molar-refractivity contribution in [2.75, 3.05) is 4.72 Å². The van der Waals surface area contributed by atoms with Gasteiger partial charge in [0, 0.05) is 12.7 Å². The predicted molar refractivity (Wildman–Crippen MR) is 142 cm³/mol. The van der Waals surface area contributed by atoms with E-state index in [-0.39, 0.29) is 10.0 Å². The molecule has 180 valence electrons. The number of nitrogens with one attached hydrogen (secondary N) is 2. The second-order valence-corrected chi connectivity index (χ2v) is 10.7. The molecule has 0 aliphatic heterocycles. The largest absolute Gasteiger partial charge is 0.355 e. The molecule has 4 rings (SSSR count). The fraction of sp³-hybridized carbons (Fsp3) is 0.125. The second kappa shape index (κ2) is 11.3. The Labute approximate surface area is 213 Å². The Bertz CT molecular complexity index is 1420. The van der Waals surface area contributed by atoms with Crippen molar-refractivity contribution in [3.8, 4) is 11.3 Å². The molecule has 1 amide bonds. The molecule has 0 atom stereocenters. The van der Waals surface area contributed by atoms with E-state index in [4.69, 9.17) is 0 Å². The molecule has 0 radical (unpaired) electrons. The van der Waals surface area contributed by atoms with Crippen molar-refractivity contribution in [1.82, 2.24) is 19.5 Å². The smallest absolute Gasteiger partial charge is 0.272 e. The number of anilines is 1. The number of hydrogen-bond acceptors (Lipinski definition) is 7. The van der Waals surface area contributed by atoms with Crippen LogP contribution in [0.25, 0.3) is 17.3 Å².